The minimum absolute atomic E-state index is 0.139. The maximum absolute atomic E-state index is 11.4. The van der Waals surface area contributed by atoms with Crippen LogP contribution in [0.4, 0.5) is 0 Å². The maximum Gasteiger partial charge on any atom is 0.323 e. The van der Waals surface area contributed by atoms with Gasteiger partial charge >= 0.3 is 17.9 Å². The Labute approximate surface area is 204 Å². The summed E-state index contributed by atoms with van der Waals surface area (Å²) in [5.74, 6) is -2.93. The first kappa shape index (κ1) is 26.0. The van der Waals surface area contributed by atoms with E-state index < -0.39 is 17.9 Å². The molecule has 2 aromatic rings. The Kier molecular flexibility index (Phi) is 9.45. The summed E-state index contributed by atoms with van der Waals surface area (Å²) in [4.78, 5) is 41.3. The van der Waals surface area contributed by atoms with Gasteiger partial charge in [-0.3, -0.25) is 24.2 Å². The zero-order chi connectivity index (χ0) is 25.2. The highest BCUT2D eigenvalue weighted by molar-refractivity contribution is 5.83. The molecule has 0 unspecified atom stereocenters. The standard InChI is InChI=1S/C25H32N4O6/c30-23(31)17-27-9-7-26(16-20-5-6-21-3-1-2-4-22(21)15-20)8-10-28(18-24(32)33)12-14-29(13-11-27)19-25(34)35/h1-6,11,13,15H,7-10,12,14,16-19H2,(H,30,31)(H,32,33)(H,34,35)/b13-11-. The molecule has 1 aliphatic rings. The molecule has 0 spiro atoms. The second-order valence-corrected chi connectivity index (χ2v) is 8.65. The zero-order valence-corrected chi connectivity index (χ0v) is 19.6. The third kappa shape index (κ3) is 8.91. The average molecular weight is 485 g/mol. The predicted molar refractivity (Wildman–Crippen MR) is 131 cm³/mol. The second kappa shape index (κ2) is 12.7. The summed E-state index contributed by atoms with van der Waals surface area (Å²) >= 11 is 0. The van der Waals surface area contributed by atoms with Crippen LogP contribution in [0.2, 0.25) is 0 Å². The number of fused-ring (bicyclic) bond motifs is 1. The van der Waals surface area contributed by atoms with Crippen LogP contribution in [0.15, 0.2) is 54.9 Å². The molecule has 0 aromatic heterocycles. The van der Waals surface area contributed by atoms with Crippen LogP contribution < -0.4 is 0 Å². The van der Waals surface area contributed by atoms with Gasteiger partial charge in [-0.25, -0.2) is 0 Å². The molecule has 0 fully saturated rings. The Bertz CT molecular complexity index is 1060. The molecule has 3 N–H and O–H groups in total. The van der Waals surface area contributed by atoms with Gasteiger partial charge in [-0.05, 0) is 22.4 Å². The highest BCUT2D eigenvalue weighted by Gasteiger charge is 2.17. The van der Waals surface area contributed by atoms with Crippen LogP contribution in [0.1, 0.15) is 5.56 Å². The lowest BCUT2D eigenvalue weighted by atomic mass is 10.1. The normalized spacial score (nSPS) is 17.5. The Morgan fingerprint density at radius 2 is 1.14 bits per heavy atom. The molecule has 2 aromatic carbocycles. The molecule has 0 saturated heterocycles. The van der Waals surface area contributed by atoms with Gasteiger partial charge in [0.15, 0.2) is 0 Å². The van der Waals surface area contributed by atoms with Crippen molar-refractivity contribution < 1.29 is 29.7 Å². The maximum atomic E-state index is 11.4. The molecule has 188 valence electrons. The molecule has 0 atom stereocenters. The van der Waals surface area contributed by atoms with Crippen molar-refractivity contribution in [2.45, 2.75) is 6.54 Å². The van der Waals surface area contributed by atoms with Crippen molar-refractivity contribution in [3.8, 4) is 0 Å². The number of carboxylic acids is 3. The van der Waals surface area contributed by atoms with E-state index in [0.29, 0.717) is 45.8 Å². The van der Waals surface area contributed by atoms with E-state index in [9.17, 15) is 29.7 Å². The molecule has 10 nitrogen and oxygen atoms in total. The van der Waals surface area contributed by atoms with Gasteiger partial charge in [-0.2, -0.15) is 0 Å². The highest BCUT2D eigenvalue weighted by Crippen LogP contribution is 2.17. The van der Waals surface area contributed by atoms with Crippen LogP contribution in [0.5, 0.6) is 0 Å². The number of carboxylic acid groups (broad SMARTS) is 3. The van der Waals surface area contributed by atoms with E-state index in [1.807, 2.05) is 12.1 Å². The van der Waals surface area contributed by atoms with E-state index >= 15 is 0 Å². The number of hydrogen-bond acceptors (Lipinski definition) is 7. The van der Waals surface area contributed by atoms with Gasteiger partial charge in [0.2, 0.25) is 0 Å². The van der Waals surface area contributed by atoms with E-state index in [1.54, 1.807) is 27.1 Å². The fourth-order valence-electron chi connectivity index (χ4n) is 4.10. The molecule has 1 aliphatic heterocycles. The number of rotatable bonds is 8. The third-order valence-electron chi connectivity index (χ3n) is 5.88. The second-order valence-electron chi connectivity index (χ2n) is 8.65. The van der Waals surface area contributed by atoms with Crippen molar-refractivity contribution in [2.24, 2.45) is 0 Å². The lowest BCUT2D eigenvalue weighted by Crippen LogP contribution is -2.44. The van der Waals surface area contributed by atoms with Gasteiger partial charge < -0.3 is 25.1 Å². The zero-order valence-electron chi connectivity index (χ0n) is 19.6. The highest BCUT2D eigenvalue weighted by atomic mass is 16.4. The summed E-state index contributed by atoms with van der Waals surface area (Å²) in [6.45, 7) is 2.78. The minimum Gasteiger partial charge on any atom is -0.480 e. The fraction of sp³-hybridized carbons (Fsp3) is 0.400. The molecular weight excluding hydrogens is 452 g/mol. The van der Waals surface area contributed by atoms with E-state index in [1.165, 1.54) is 0 Å². The van der Waals surface area contributed by atoms with Gasteiger partial charge in [0.1, 0.15) is 13.1 Å². The van der Waals surface area contributed by atoms with Crippen molar-refractivity contribution in [3.63, 3.8) is 0 Å². The van der Waals surface area contributed by atoms with E-state index in [2.05, 4.69) is 35.2 Å². The van der Waals surface area contributed by atoms with E-state index in [0.717, 1.165) is 16.3 Å². The molecule has 0 bridgehead atoms. The van der Waals surface area contributed by atoms with Crippen molar-refractivity contribution in [2.75, 3.05) is 58.9 Å². The van der Waals surface area contributed by atoms with Crippen LogP contribution in [0.25, 0.3) is 10.8 Å². The van der Waals surface area contributed by atoms with E-state index in [4.69, 9.17) is 0 Å². The quantitative estimate of drug-likeness (QED) is 0.505. The number of carbonyl (C=O) groups is 3. The van der Waals surface area contributed by atoms with Crippen LogP contribution in [0.3, 0.4) is 0 Å². The number of aliphatic carboxylic acids is 3. The minimum atomic E-state index is -1.02. The van der Waals surface area contributed by atoms with Crippen LogP contribution in [-0.4, -0.2) is 112 Å². The van der Waals surface area contributed by atoms with Gasteiger partial charge in [0.25, 0.3) is 0 Å². The lowest BCUT2D eigenvalue weighted by Gasteiger charge is -2.31. The molecule has 0 radical (unpaired) electrons. The first-order valence-electron chi connectivity index (χ1n) is 11.5. The molecule has 35 heavy (non-hydrogen) atoms. The number of hydrogen-bond donors (Lipinski definition) is 3. The SMILES string of the molecule is O=C(O)CN1/C=C\N(CC(=O)O)CCN(Cc2ccc3ccccc3c2)CCN(CC(=O)O)CC1. The lowest BCUT2D eigenvalue weighted by molar-refractivity contribution is -0.139. The molecule has 3 rings (SSSR count). The summed E-state index contributed by atoms with van der Waals surface area (Å²) < 4.78 is 0. The topological polar surface area (TPSA) is 125 Å². The van der Waals surface area contributed by atoms with Gasteiger partial charge in [0, 0.05) is 58.2 Å². The average Bonchev–Trinajstić information content (AvgIpc) is 2.79. The summed E-state index contributed by atoms with van der Waals surface area (Å²) in [5, 5.41) is 30.2. The molecule has 0 saturated carbocycles. The Morgan fingerprint density at radius 1 is 0.629 bits per heavy atom. The number of nitrogens with zero attached hydrogens (tertiary/aromatic N) is 4. The van der Waals surface area contributed by atoms with Gasteiger partial charge in [-0.1, -0.05) is 36.4 Å². The van der Waals surface area contributed by atoms with Crippen LogP contribution in [0, 0.1) is 0 Å². The third-order valence-corrected chi connectivity index (χ3v) is 5.88. The predicted octanol–water partition coefficient (Wildman–Crippen LogP) is 1.29. The molecule has 0 aliphatic carbocycles. The summed E-state index contributed by atoms with van der Waals surface area (Å²) in [6.07, 6.45) is 3.18. The Balaban J connectivity index is 1.81. The van der Waals surface area contributed by atoms with E-state index in [-0.39, 0.29) is 19.6 Å². The molecule has 0 amide bonds. The van der Waals surface area contributed by atoms with Gasteiger partial charge in [-0.15, -0.1) is 0 Å². The monoisotopic (exact) mass is 484 g/mol. The van der Waals surface area contributed by atoms with Crippen LogP contribution >= 0.6 is 0 Å². The van der Waals surface area contributed by atoms with Crippen molar-refractivity contribution in [1.82, 2.24) is 19.6 Å². The van der Waals surface area contributed by atoms with Crippen molar-refractivity contribution in [1.29, 1.82) is 0 Å². The number of benzene rings is 2. The Hall–Kier alpha value is -3.63. The molecular formula is C25H32N4O6. The fourth-order valence-corrected chi connectivity index (χ4v) is 4.10. The van der Waals surface area contributed by atoms with Crippen molar-refractivity contribution >= 4 is 28.7 Å². The first-order chi connectivity index (χ1) is 16.8. The van der Waals surface area contributed by atoms with Gasteiger partial charge in [0.05, 0.1) is 6.54 Å². The summed E-state index contributed by atoms with van der Waals surface area (Å²) in [6, 6.07) is 14.4. The smallest absolute Gasteiger partial charge is 0.323 e. The van der Waals surface area contributed by atoms with Crippen LogP contribution in [-0.2, 0) is 20.9 Å². The molecule has 1 heterocycles. The first-order valence-corrected chi connectivity index (χ1v) is 11.5. The summed E-state index contributed by atoms with van der Waals surface area (Å²) in [7, 11) is 0. The summed E-state index contributed by atoms with van der Waals surface area (Å²) in [5.41, 5.74) is 1.12. The largest absolute Gasteiger partial charge is 0.480 e. The molecule has 10 heteroatoms. The Morgan fingerprint density at radius 3 is 1.74 bits per heavy atom. The van der Waals surface area contributed by atoms with Crippen molar-refractivity contribution in [3.05, 3.63) is 60.4 Å².